The van der Waals surface area contributed by atoms with E-state index in [2.05, 4.69) is 25.6 Å². The maximum Gasteiger partial charge on any atom is 0.229 e. The monoisotopic (exact) mass is 482 g/mol. The molecule has 36 heavy (non-hydrogen) atoms. The summed E-state index contributed by atoms with van der Waals surface area (Å²) in [6.45, 7) is 4.16. The zero-order chi connectivity index (χ0) is 25.1. The minimum atomic E-state index is -0.263. The Bertz CT molecular complexity index is 1550. The second-order valence-electron chi connectivity index (χ2n) is 8.56. The van der Waals surface area contributed by atoms with E-state index in [1.165, 1.54) is 6.33 Å². The number of nitrogens with zero attached hydrogens (tertiary/aromatic N) is 4. The molecule has 5 rings (SSSR count). The largest absolute Gasteiger partial charge is 0.457 e. The van der Waals surface area contributed by atoms with Gasteiger partial charge in [0.05, 0.1) is 18.0 Å². The molecule has 0 saturated carbocycles. The lowest BCUT2D eigenvalue weighted by atomic mass is 10.1. The van der Waals surface area contributed by atoms with Crippen molar-refractivity contribution in [1.29, 1.82) is 0 Å². The molecular formula is C27H26N6O3. The third-order valence-corrected chi connectivity index (χ3v) is 5.80. The predicted molar refractivity (Wildman–Crippen MR) is 139 cm³/mol. The van der Waals surface area contributed by atoms with Gasteiger partial charge >= 0.3 is 0 Å². The number of aromatic nitrogens is 4. The number of nitrogens with one attached hydrogen (secondary N) is 2. The number of carbonyl (C=O) groups excluding carboxylic acids is 1. The van der Waals surface area contributed by atoms with Crippen LogP contribution in [0.5, 0.6) is 11.5 Å². The number of ether oxygens (including phenoxy) is 2. The Labute approximate surface area is 208 Å². The summed E-state index contributed by atoms with van der Waals surface area (Å²) < 4.78 is 13.1. The number of imidazole rings is 1. The summed E-state index contributed by atoms with van der Waals surface area (Å²) in [6, 6.07) is 15.2. The molecule has 3 heterocycles. The van der Waals surface area contributed by atoms with Crippen LogP contribution in [0.3, 0.4) is 0 Å². The fraction of sp³-hybridized carbons (Fsp3) is 0.185. The zero-order valence-electron chi connectivity index (χ0n) is 20.2. The normalized spacial score (nSPS) is 12.0. The molecule has 1 amide bonds. The van der Waals surface area contributed by atoms with Crippen LogP contribution >= 0.6 is 0 Å². The van der Waals surface area contributed by atoms with Crippen molar-refractivity contribution < 1.29 is 14.3 Å². The number of fused-ring (bicyclic) bond motifs is 2. The van der Waals surface area contributed by atoms with E-state index in [0.717, 1.165) is 33.6 Å². The van der Waals surface area contributed by atoms with E-state index in [0.29, 0.717) is 23.9 Å². The van der Waals surface area contributed by atoms with Crippen molar-refractivity contribution in [2.75, 3.05) is 24.4 Å². The number of amides is 1. The van der Waals surface area contributed by atoms with Gasteiger partial charge in [-0.3, -0.25) is 4.79 Å². The molecule has 1 unspecified atom stereocenters. The standard InChI is InChI=1S/C27H26N6O3/c1-17-12-19(5-7-24(17)36-21-8-10-33-11-9-28-25(33)14-21)31-26-22-13-20(4-6-23(22)29-16-30-26)32-27(34)18(2)15-35-3/h4-14,16,18H,15H2,1-3H3,(H,32,34)(H,29,30,31). The first-order valence-corrected chi connectivity index (χ1v) is 11.5. The van der Waals surface area contributed by atoms with E-state index < -0.39 is 0 Å². The van der Waals surface area contributed by atoms with Crippen molar-refractivity contribution >= 4 is 39.6 Å². The fourth-order valence-corrected chi connectivity index (χ4v) is 3.89. The Kier molecular flexibility index (Phi) is 6.46. The number of hydrogen-bond donors (Lipinski definition) is 2. The molecule has 0 aliphatic heterocycles. The van der Waals surface area contributed by atoms with E-state index in [-0.39, 0.29) is 11.8 Å². The van der Waals surface area contributed by atoms with Gasteiger partial charge in [0.15, 0.2) is 0 Å². The maximum atomic E-state index is 12.4. The minimum absolute atomic E-state index is 0.110. The Balaban J connectivity index is 1.36. The summed E-state index contributed by atoms with van der Waals surface area (Å²) in [5, 5.41) is 7.10. The lowest BCUT2D eigenvalue weighted by Gasteiger charge is -2.14. The number of pyridine rings is 1. The molecule has 182 valence electrons. The highest BCUT2D eigenvalue weighted by molar-refractivity contribution is 5.98. The van der Waals surface area contributed by atoms with Gasteiger partial charge in [-0.15, -0.1) is 0 Å². The summed E-state index contributed by atoms with van der Waals surface area (Å²) >= 11 is 0. The molecular weight excluding hydrogens is 456 g/mol. The van der Waals surface area contributed by atoms with Crippen molar-refractivity contribution in [2.24, 2.45) is 5.92 Å². The minimum Gasteiger partial charge on any atom is -0.457 e. The zero-order valence-corrected chi connectivity index (χ0v) is 20.2. The topological polar surface area (TPSA) is 103 Å². The molecule has 5 aromatic rings. The number of aryl methyl sites for hydroxylation is 1. The molecule has 2 N–H and O–H groups in total. The average molecular weight is 483 g/mol. The van der Waals surface area contributed by atoms with Gasteiger partial charge in [-0.2, -0.15) is 0 Å². The van der Waals surface area contributed by atoms with Crippen molar-refractivity contribution in [3.63, 3.8) is 0 Å². The SMILES string of the molecule is COCC(C)C(=O)Nc1ccc2ncnc(Nc3ccc(Oc4ccn5ccnc5c4)c(C)c3)c2c1. The summed E-state index contributed by atoms with van der Waals surface area (Å²) in [5.41, 5.74) is 4.07. The van der Waals surface area contributed by atoms with Gasteiger partial charge in [-0.1, -0.05) is 6.92 Å². The molecule has 3 aromatic heterocycles. The highest BCUT2D eigenvalue weighted by Crippen LogP contribution is 2.31. The van der Waals surface area contributed by atoms with Crippen LogP contribution in [0.2, 0.25) is 0 Å². The first kappa shape index (κ1) is 23.3. The van der Waals surface area contributed by atoms with Crippen molar-refractivity contribution in [2.45, 2.75) is 13.8 Å². The average Bonchev–Trinajstić information content (AvgIpc) is 3.34. The molecule has 1 atom stereocenters. The molecule has 9 nitrogen and oxygen atoms in total. The molecule has 0 spiro atoms. The van der Waals surface area contributed by atoms with E-state index in [1.54, 1.807) is 13.3 Å². The molecule has 0 aliphatic carbocycles. The first-order chi connectivity index (χ1) is 17.5. The number of benzene rings is 2. The lowest BCUT2D eigenvalue weighted by molar-refractivity contribution is -0.120. The van der Waals surface area contributed by atoms with Gasteiger partial charge in [-0.25, -0.2) is 15.0 Å². The van der Waals surface area contributed by atoms with E-state index in [4.69, 9.17) is 9.47 Å². The number of methoxy groups -OCH3 is 1. The molecule has 0 bridgehead atoms. The Hall–Kier alpha value is -4.50. The summed E-state index contributed by atoms with van der Waals surface area (Å²) in [6.07, 6.45) is 7.07. The fourth-order valence-electron chi connectivity index (χ4n) is 3.89. The lowest BCUT2D eigenvalue weighted by Crippen LogP contribution is -2.23. The quantitative estimate of drug-likeness (QED) is 0.308. The highest BCUT2D eigenvalue weighted by Gasteiger charge is 2.14. The Morgan fingerprint density at radius 2 is 1.89 bits per heavy atom. The molecule has 2 aromatic carbocycles. The molecule has 0 fully saturated rings. The van der Waals surface area contributed by atoms with Crippen LogP contribution in [-0.4, -0.2) is 39.0 Å². The van der Waals surface area contributed by atoms with Crippen LogP contribution < -0.4 is 15.4 Å². The molecule has 0 saturated heterocycles. The maximum absolute atomic E-state index is 12.4. The Morgan fingerprint density at radius 1 is 1.03 bits per heavy atom. The van der Waals surface area contributed by atoms with Crippen molar-refractivity contribution in [3.05, 3.63) is 79.0 Å². The van der Waals surface area contributed by atoms with Crippen LogP contribution in [0.4, 0.5) is 17.2 Å². The van der Waals surface area contributed by atoms with Gasteiger partial charge < -0.3 is 24.5 Å². The molecule has 0 aliphatic rings. The summed E-state index contributed by atoms with van der Waals surface area (Å²) in [5.74, 6) is 1.73. The Morgan fingerprint density at radius 3 is 2.72 bits per heavy atom. The van der Waals surface area contributed by atoms with Gasteiger partial charge in [0, 0.05) is 48.5 Å². The number of carbonyl (C=O) groups is 1. The van der Waals surface area contributed by atoms with Crippen LogP contribution in [0.25, 0.3) is 16.6 Å². The van der Waals surface area contributed by atoms with E-state index >= 15 is 0 Å². The second-order valence-corrected chi connectivity index (χ2v) is 8.56. The third-order valence-electron chi connectivity index (χ3n) is 5.80. The van der Waals surface area contributed by atoms with Crippen molar-refractivity contribution in [1.82, 2.24) is 19.4 Å². The van der Waals surface area contributed by atoms with Gasteiger partial charge in [-0.05, 0) is 55.0 Å². The molecule has 0 radical (unpaired) electrons. The van der Waals surface area contributed by atoms with Gasteiger partial charge in [0.25, 0.3) is 0 Å². The number of rotatable bonds is 8. The summed E-state index contributed by atoms with van der Waals surface area (Å²) in [7, 11) is 1.58. The second kappa shape index (κ2) is 10.0. The third kappa shape index (κ3) is 4.96. The van der Waals surface area contributed by atoms with Crippen molar-refractivity contribution in [3.8, 4) is 11.5 Å². The van der Waals surface area contributed by atoms with Crippen LogP contribution in [-0.2, 0) is 9.53 Å². The van der Waals surface area contributed by atoms with Gasteiger partial charge in [0.1, 0.15) is 29.3 Å². The molecule has 9 heteroatoms. The highest BCUT2D eigenvalue weighted by atomic mass is 16.5. The van der Waals surface area contributed by atoms with E-state index in [1.807, 2.05) is 79.2 Å². The van der Waals surface area contributed by atoms with Crippen LogP contribution in [0.1, 0.15) is 12.5 Å². The smallest absolute Gasteiger partial charge is 0.229 e. The first-order valence-electron chi connectivity index (χ1n) is 11.5. The number of hydrogen-bond acceptors (Lipinski definition) is 7. The van der Waals surface area contributed by atoms with E-state index in [9.17, 15) is 4.79 Å². The van der Waals surface area contributed by atoms with Crippen LogP contribution in [0.15, 0.2) is 73.4 Å². The predicted octanol–water partition coefficient (Wildman–Crippen LogP) is 5.34. The summed E-state index contributed by atoms with van der Waals surface area (Å²) in [4.78, 5) is 25.5. The van der Waals surface area contributed by atoms with Crippen LogP contribution in [0, 0.1) is 12.8 Å². The van der Waals surface area contributed by atoms with Gasteiger partial charge in [0.2, 0.25) is 5.91 Å². The number of anilines is 3.